The fraction of sp³-hybridized carbons (Fsp3) is 0.682. The number of phenolic OH excluding ortho intramolecular Hbond substituents is 1. The number of hydrogen-bond donors (Lipinski definition) is 1. The highest BCUT2D eigenvalue weighted by Crippen LogP contribution is 2.25. The monoisotopic (exact) mass is 348 g/mol. The average Bonchev–Trinajstić information content (AvgIpc) is 2.60. The van der Waals surface area contributed by atoms with E-state index in [1.807, 2.05) is 0 Å². The summed E-state index contributed by atoms with van der Waals surface area (Å²) in [7, 11) is 0. The lowest BCUT2D eigenvalue weighted by Gasteiger charge is -2.09. The van der Waals surface area contributed by atoms with Gasteiger partial charge in [-0.3, -0.25) is 4.79 Å². The molecule has 1 aromatic carbocycles. The third kappa shape index (κ3) is 9.52. The van der Waals surface area contributed by atoms with Crippen molar-refractivity contribution >= 4 is 5.78 Å². The minimum absolute atomic E-state index is 0.0144. The Bertz CT molecular complexity index is 482. The van der Waals surface area contributed by atoms with Crippen LogP contribution < -0.4 is 4.74 Å². The van der Waals surface area contributed by atoms with Crippen molar-refractivity contribution in [2.24, 2.45) is 0 Å². The summed E-state index contributed by atoms with van der Waals surface area (Å²) < 4.78 is 5.69. The number of benzene rings is 1. The number of carbonyl (C=O) groups excluding carboxylic acids is 1. The molecule has 25 heavy (non-hydrogen) atoms. The second-order valence-corrected chi connectivity index (χ2v) is 6.88. The number of phenols is 1. The van der Waals surface area contributed by atoms with Gasteiger partial charge in [0.05, 0.1) is 12.2 Å². The summed E-state index contributed by atoms with van der Waals surface area (Å²) in [5.41, 5.74) is 0.413. The molecule has 0 fully saturated rings. The van der Waals surface area contributed by atoms with Crippen molar-refractivity contribution in [3.8, 4) is 11.5 Å². The molecule has 0 saturated heterocycles. The van der Waals surface area contributed by atoms with E-state index >= 15 is 0 Å². The molecule has 1 N–H and O–H groups in total. The Balaban J connectivity index is 2.22. The highest BCUT2D eigenvalue weighted by Gasteiger charge is 2.11. The van der Waals surface area contributed by atoms with Gasteiger partial charge in [0.1, 0.15) is 11.5 Å². The van der Waals surface area contributed by atoms with Gasteiger partial charge in [-0.1, -0.05) is 71.6 Å². The normalized spacial score (nSPS) is 10.8. The van der Waals surface area contributed by atoms with Crippen LogP contribution in [0.4, 0.5) is 0 Å². The Morgan fingerprint density at radius 2 is 1.48 bits per heavy atom. The Morgan fingerprint density at radius 1 is 0.880 bits per heavy atom. The minimum Gasteiger partial charge on any atom is -0.507 e. The van der Waals surface area contributed by atoms with Crippen LogP contribution in [-0.4, -0.2) is 17.5 Å². The maximum Gasteiger partial charge on any atom is 0.166 e. The molecule has 0 heterocycles. The first-order chi connectivity index (χ1) is 12.2. The molecule has 0 aromatic heterocycles. The molecule has 0 atom stereocenters. The van der Waals surface area contributed by atoms with Gasteiger partial charge in [0.2, 0.25) is 0 Å². The van der Waals surface area contributed by atoms with Crippen LogP contribution in [0.1, 0.15) is 101 Å². The number of unbranched alkanes of at least 4 members (excludes halogenated alkanes) is 9. The summed E-state index contributed by atoms with van der Waals surface area (Å²) >= 11 is 0. The van der Waals surface area contributed by atoms with Crippen molar-refractivity contribution in [2.45, 2.75) is 90.9 Å². The fourth-order valence-corrected chi connectivity index (χ4v) is 2.93. The molecular weight excluding hydrogens is 312 g/mol. The first kappa shape index (κ1) is 21.5. The van der Waals surface area contributed by atoms with Gasteiger partial charge in [-0.25, -0.2) is 0 Å². The number of hydrogen-bond acceptors (Lipinski definition) is 3. The van der Waals surface area contributed by atoms with Gasteiger partial charge in [-0.05, 0) is 25.0 Å². The van der Waals surface area contributed by atoms with E-state index in [-0.39, 0.29) is 11.5 Å². The second kappa shape index (κ2) is 13.7. The molecule has 3 nitrogen and oxygen atoms in total. The van der Waals surface area contributed by atoms with Crippen LogP contribution in [0.15, 0.2) is 18.2 Å². The first-order valence-corrected chi connectivity index (χ1v) is 10.2. The summed E-state index contributed by atoms with van der Waals surface area (Å²) in [6, 6.07) is 5.04. The largest absolute Gasteiger partial charge is 0.507 e. The van der Waals surface area contributed by atoms with E-state index in [2.05, 4.69) is 13.8 Å². The van der Waals surface area contributed by atoms with Crippen molar-refractivity contribution in [2.75, 3.05) is 6.61 Å². The smallest absolute Gasteiger partial charge is 0.166 e. The van der Waals surface area contributed by atoms with Gasteiger partial charge in [0.25, 0.3) is 0 Å². The molecule has 1 aromatic rings. The van der Waals surface area contributed by atoms with E-state index < -0.39 is 0 Å². The first-order valence-electron chi connectivity index (χ1n) is 10.2. The molecule has 0 saturated carbocycles. The van der Waals surface area contributed by atoms with Gasteiger partial charge in [0.15, 0.2) is 5.78 Å². The van der Waals surface area contributed by atoms with Gasteiger partial charge < -0.3 is 9.84 Å². The zero-order valence-corrected chi connectivity index (χ0v) is 16.2. The Kier molecular flexibility index (Phi) is 11.8. The number of ether oxygens (including phenoxy) is 1. The molecule has 0 radical (unpaired) electrons. The molecule has 1 rings (SSSR count). The van der Waals surface area contributed by atoms with E-state index in [0.29, 0.717) is 24.3 Å². The number of ketones is 1. The Hall–Kier alpha value is -1.51. The number of rotatable bonds is 15. The highest BCUT2D eigenvalue weighted by atomic mass is 16.5. The van der Waals surface area contributed by atoms with Crippen LogP contribution in [0.25, 0.3) is 0 Å². The Labute approximate surface area is 153 Å². The van der Waals surface area contributed by atoms with Crippen molar-refractivity contribution in [3.63, 3.8) is 0 Å². The number of Topliss-reactive ketones (excluding diaryl/α,β-unsaturated/α-hetero) is 1. The van der Waals surface area contributed by atoms with Crippen molar-refractivity contribution in [1.29, 1.82) is 0 Å². The van der Waals surface area contributed by atoms with Crippen LogP contribution >= 0.6 is 0 Å². The molecule has 0 bridgehead atoms. The summed E-state index contributed by atoms with van der Waals surface area (Å²) in [5, 5.41) is 10.1. The highest BCUT2D eigenvalue weighted by molar-refractivity contribution is 5.98. The molecule has 0 spiro atoms. The molecule has 142 valence electrons. The van der Waals surface area contributed by atoms with Crippen molar-refractivity contribution < 1.29 is 14.6 Å². The molecular formula is C22H36O3. The van der Waals surface area contributed by atoms with Crippen LogP contribution in [0.5, 0.6) is 11.5 Å². The van der Waals surface area contributed by atoms with E-state index in [0.717, 1.165) is 25.7 Å². The minimum atomic E-state index is 0.0144. The maximum absolute atomic E-state index is 12.1. The van der Waals surface area contributed by atoms with E-state index in [4.69, 9.17) is 4.74 Å². The quantitative estimate of drug-likeness (QED) is 0.284. The SMILES string of the molecule is CCCCCCCCCCOc1ccc(C(=O)CCCCC)c(O)c1. The van der Waals surface area contributed by atoms with Gasteiger partial charge in [-0.2, -0.15) is 0 Å². The van der Waals surface area contributed by atoms with E-state index in [1.165, 1.54) is 44.9 Å². The lowest BCUT2D eigenvalue weighted by Crippen LogP contribution is -2.01. The van der Waals surface area contributed by atoms with Crippen LogP contribution in [0.3, 0.4) is 0 Å². The predicted octanol–water partition coefficient (Wildman–Crippen LogP) is 6.67. The predicted molar refractivity (Wildman–Crippen MR) is 105 cm³/mol. The number of carbonyl (C=O) groups is 1. The van der Waals surface area contributed by atoms with E-state index in [1.54, 1.807) is 18.2 Å². The lowest BCUT2D eigenvalue weighted by molar-refractivity contribution is 0.0976. The van der Waals surface area contributed by atoms with Gasteiger partial charge in [-0.15, -0.1) is 0 Å². The summed E-state index contributed by atoms with van der Waals surface area (Å²) in [5.74, 6) is 0.695. The molecule has 0 aliphatic rings. The zero-order valence-electron chi connectivity index (χ0n) is 16.2. The molecule has 0 aliphatic carbocycles. The van der Waals surface area contributed by atoms with Gasteiger partial charge >= 0.3 is 0 Å². The molecule has 0 amide bonds. The Morgan fingerprint density at radius 3 is 2.12 bits per heavy atom. The average molecular weight is 349 g/mol. The lowest BCUT2D eigenvalue weighted by atomic mass is 10.0. The molecule has 3 heteroatoms. The molecule has 0 unspecified atom stereocenters. The summed E-state index contributed by atoms with van der Waals surface area (Å²) in [6.45, 7) is 5.02. The third-order valence-electron chi connectivity index (χ3n) is 4.54. The van der Waals surface area contributed by atoms with Crippen molar-refractivity contribution in [3.05, 3.63) is 23.8 Å². The molecule has 0 aliphatic heterocycles. The zero-order chi connectivity index (χ0) is 18.3. The van der Waals surface area contributed by atoms with Crippen LogP contribution in [0.2, 0.25) is 0 Å². The van der Waals surface area contributed by atoms with Crippen molar-refractivity contribution in [1.82, 2.24) is 0 Å². The summed E-state index contributed by atoms with van der Waals surface area (Å²) in [6.07, 6.45) is 13.7. The van der Waals surface area contributed by atoms with Gasteiger partial charge in [0, 0.05) is 12.5 Å². The van der Waals surface area contributed by atoms with Crippen LogP contribution in [-0.2, 0) is 0 Å². The fourth-order valence-electron chi connectivity index (χ4n) is 2.93. The standard InChI is InChI=1S/C22H36O3/c1-3-5-7-8-9-10-11-13-17-25-19-15-16-20(22(24)18-19)21(23)14-12-6-4-2/h15-16,18,24H,3-14,17H2,1-2H3. The second-order valence-electron chi connectivity index (χ2n) is 6.88. The third-order valence-corrected chi connectivity index (χ3v) is 4.54. The maximum atomic E-state index is 12.1. The topological polar surface area (TPSA) is 46.5 Å². The van der Waals surface area contributed by atoms with E-state index in [9.17, 15) is 9.90 Å². The van der Waals surface area contributed by atoms with Crippen LogP contribution in [0, 0.1) is 0 Å². The number of aromatic hydroxyl groups is 1. The summed E-state index contributed by atoms with van der Waals surface area (Å²) in [4.78, 5) is 12.1.